The van der Waals surface area contributed by atoms with Crippen molar-refractivity contribution in [3.05, 3.63) is 65.5 Å². The summed E-state index contributed by atoms with van der Waals surface area (Å²) in [7, 11) is 0. The number of nitrogens with zero attached hydrogens (tertiary/aromatic N) is 1. The number of pyridine rings is 1. The third-order valence-corrected chi connectivity index (χ3v) is 3.27. The van der Waals surface area contributed by atoms with E-state index >= 15 is 0 Å². The predicted octanol–water partition coefficient (Wildman–Crippen LogP) is -1.17. The van der Waals surface area contributed by atoms with E-state index in [1.54, 1.807) is 36.0 Å². The van der Waals surface area contributed by atoms with Crippen molar-refractivity contribution in [2.75, 3.05) is 0 Å². The summed E-state index contributed by atoms with van der Waals surface area (Å²) in [4.78, 5) is 23.6. The molecule has 110 valence electrons. The molecule has 4 nitrogen and oxygen atoms in total. The number of benzene rings is 1. The molecule has 1 heterocycles. The first-order valence-corrected chi connectivity index (χ1v) is 6.40. The van der Waals surface area contributed by atoms with E-state index in [0.29, 0.717) is 11.1 Å². The Kier molecular flexibility index (Phi) is 5.61. The first-order valence-electron chi connectivity index (χ1n) is 6.40. The summed E-state index contributed by atoms with van der Waals surface area (Å²) < 4.78 is 1.70. The molecule has 0 spiro atoms. The van der Waals surface area contributed by atoms with Crippen LogP contribution in [0.1, 0.15) is 39.2 Å². The summed E-state index contributed by atoms with van der Waals surface area (Å²) >= 11 is 0. The summed E-state index contributed by atoms with van der Waals surface area (Å²) in [6.07, 6.45) is 3.35. The fraction of sp³-hybridized carbons (Fsp3) is 0.188. The van der Waals surface area contributed by atoms with Crippen molar-refractivity contribution >= 4 is 11.7 Å². The molecule has 1 atom stereocenters. The van der Waals surface area contributed by atoms with Crippen molar-refractivity contribution in [2.45, 2.75) is 19.9 Å². The van der Waals surface area contributed by atoms with Crippen molar-refractivity contribution in [3.8, 4) is 0 Å². The molecular weight excluding hydrogens is 288 g/mol. The van der Waals surface area contributed by atoms with Crippen LogP contribution < -0.4 is 22.7 Å². The number of Topliss-reactive ketones (excluding diaryl/α,β-unsaturated/α-hetero) is 1. The van der Waals surface area contributed by atoms with Gasteiger partial charge in [-0.3, -0.25) is 9.59 Å². The maximum absolute atomic E-state index is 12.4. The molecule has 2 aromatic rings. The first-order chi connectivity index (χ1) is 9.49. The standard InChI is InChI=1S/C16H16N2O2.ClH/c1-11-5-7-13(8-6-11)15(19)12(2)18-9-3-4-14(10-18)16(17)20;/h3-10,12H,1-2H3,(H-,17,20);1H. The normalized spacial score (nSPS) is 11.3. The molecule has 2 rings (SSSR count). The molecule has 21 heavy (non-hydrogen) atoms. The van der Waals surface area contributed by atoms with Crippen LogP contribution in [0, 0.1) is 6.92 Å². The maximum Gasteiger partial charge on any atom is 0.254 e. The first kappa shape index (κ1) is 16.9. The number of halogens is 1. The topological polar surface area (TPSA) is 64.0 Å². The van der Waals surface area contributed by atoms with E-state index in [0.717, 1.165) is 5.56 Å². The van der Waals surface area contributed by atoms with Crippen molar-refractivity contribution in [3.63, 3.8) is 0 Å². The zero-order chi connectivity index (χ0) is 14.7. The lowest BCUT2D eigenvalue weighted by atomic mass is 10.0. The summed E-state index contributed by atoms with van der Waals surface area (Å²) in [6.45, 7) is 3.77. The average molecular weight is 305 g/mol. The monoisotopic (exact) mass is 304 g/mol. The van der Waals surface area contributed by atoms with Crippen LogP contribution in [0.25, 0.3) is 0 Å². The average Bonchev–Trinajstić information content (AvgIpc) is 2.46. The number of hydrogen-bond acceptors (Lipinski definition) is 2. The van der Waals surface area contributed by atoms with E-state index in [4.69, 9.17) is 5.73 Å². The minimum absolute atomic E-state index is 0. The van der Waals surface area contributed by atoms with Gasteiger partial charge in [-0.2, -0.15) is 4.57 Å². The van der Waals surface area contributed by atoms with Gasteiger partial charge in [0.05, 0.1) is 0 Å². The van der Waals surface area contributed by atoms with Crippen LogP contribution in [0.4, 0.5) is 0 Å². The quantitative estimate of drug-likeness (QED) is 0.571. The highest BCUT2D eigenvalue weighted by Gasteiger charge is 2.24. The number of ketones is 1. The van der Waals surface area contributed by atoms with Crippen molar-refractivity contribution < 1.29 is 26.6 Å². The molecule has 1 unspecified atom stereocenters. The lowest BCUT2D eigenvalue weighted by Gasteiger charge is -2.07. The Morgan fingerprint density at radius 2 is 1.71 bits per heavy atom. The molecule has 0 radical (unpaired) electrons. The Balaban J connectivity index is 0.00000220. The van der Waals surface area contributed by atoms with Gasteiger partial charge in [0, 0.05) is 18.6 Å². The molecule has 5 heteroatoms. The van der Waals surface area contributed by atoms with Gasteiger partial charge in [0.15, 0.2) is 12.4 Å². The van der Waals surface area contributed by atoms with E-state index in [1.807, 2.05) is 31.2 Å². The molecular formula is C16H17ClN2O2. The molecule has 1 amide bonds. The van der Waals surface area contributed by atoms with Gasteiger partial charge < -0.3 is 18.1 Å². The Labute approximate surface area is 130 Å². The highest BCUT2D eigenvalue weighted by molar-refractivity contribution is 5.97. The largest absolute Gasteiger partial charge is 1.00 e. The number of rotatable bonds is 4. The zero-order valence-electron chi connectivity index (χ0n) is 11.9. The van der Waals surface area contributed by atoms with Gasteiger partial charge in [0.2, 0.25) is 11.8 Å². The van der Waals surface area contributed by atoms with Crippen molar-refractivity contribution in [2.24, 2.45) is 5.73 Å². The Hall–Kier alpha value is -2.20. The number of aryl methyl sites for hydroxylation is 1. The minimum Gasteiger partial charge on any atom is -1.00 e. The molecule has 0 saturated carbocycles. The third kappa shape index (κ3) is 3.89. The third-order valence-electron chi connectivity index (χ3n) is 3.27. The van der Waals surface area contributed by atoms with Crippen LogP contribution in [-0.2, 0) is 0 Å². The lowest BCUT2D eigenvalue weighted by molar-refractivity contribution is -0.704. The number of amides is 1. The highest BCUT2D eigenvalue weighted by atomic mass is 35.5. The SMILES string of the molecule is Cc1ccc(C(=O)C(C)[n+]2cccc(C(N)=O)c2)cc1.[Cl-]. The van der Waals surface area contributed by atoms with E-state index in [1.165, 1.54) is 0 Å². The summed E-state index contributed by atoms with van der Waals surface area (Å²) in [6, 6.07) is 10.4. The Bertz CT molecular complexity index is 654. The summed E-state index contributed by atoms with van der Waals surface area (Å²) in [5.74, 6) is -0.508. The van der Waals surface area contributed by atoms with Gasteiger partial charge in [-0.15, -0.1) is 0 Å². The molecule has 0 fully saturated rings. The van der Waals surface area contributed by atoms with Gasteiger partial charge in [-0.1, -0.05) is 29.8 Å². The predicted molar refractivity (Wildman–Crippen MR) is 75.4 cm³/mol. The van der Waals surface area contributed by atoms with Crippen LogP contribution in [0.5, 0.6) is 0 Å². The van der Waals surface area contributed by atoms with Crippen LogP contribution in [0.15, 0.2) is 48.8 Å². The number of aromatic nitrogens is 1. The second kappa shape index (κ2) is 6.99. The fourth-order valence-corrected chi connectivity index (χ4v) is 1.97. The van der Waals surface area contributed by atoms with E-state index < -0.39 is 11.9 Å². The number of hydrogen-bond donors (Lipinski definition) is 1. The molecule has 0 aliphatic carbocycles. The van der Waals surface area contributed by atoms with E-state index in [-0.39, 0.29) is 18.2 Å². The number of nitrogens with two attached hydrogens (primary N) is 1. The molecule has 0 bridgehead atoms. The van der Waals surface area contributed by atoms with Crippen molar-refractivity contribution in [1.29, 1.82) is 0 Å². The van der Waals surface area contributed by atoms with Crippen LogP contribution >= 0.6 is 0 Å². The second-order valence-corrected chi connectivity index (χ2v) is 4.81. The van der Waals surface area contributed by atoms with Gasteiger partial charge in [0.25, 0.3) is 5.91 Å². The number of primary amides is 1. The second-order valence-electron chi connectivity index (χ2n) is 4.81. The number of carbonyl (C=O) groups is 2. The molecule has 0 aliphatic heterocycles. The molecule has 2 N–H and O–H groups in total. The summed E-state index contributed by atoms with van der Waals surface area (Å²) in [5, 5.41) is 0. The van der Waals surface area contributed by atoms with Gasteiger partial charge in [-0.05, 0) is 13.0 Å². The lowest BCUT2D eigenvalue weighted by Crippen LogP contribution is -3.00. The molecule has 0 saturated heterocycles. The van der Waals surface area contributed by atoms with Crippen LogP contribution in [0.3, 0.4) is 0 Å². The Morgan fingerprint density at radius 1 is 1.10 bits per heavy atom. The summed E-state index contributed by atoms with van der Waals surface area (Å²) in [5.41, 5.74) is 7.40. The Morgan fingerprint density at radius 3 is 2.29 bits per heavy atom. The zero-order valence-corrected chi connectivity index (χ0v) is 12.7. The van der Waals surface area contributed by atoms with Crippen LogP contribution in [0.2, 0.25) is 0 Å². The van der Waals surface area contributed by atoms with Crippen LogP contribution in [-0.4, -0.2) is 11.7 Å². The maximum atomic E-state index is 12.4. The van der Waals surface area contributed by atoms with Gasteiger partial charge in [0.1, 0.15) is 5.56 Å². The van der Waals surface area contributed by atoms with Gasteiger partial charge in [-0.25, -0.2) is 0 Å². The minimum atomic E-state index is -0.505. The van der Waals surface area contributed by atoms with E-state index in [9.17, 15) is 9.59 Å². The molecule has 1 aromatic carbocycles. The number of carbonyl (C=O) groups excluding carboxylic acids is 2. The van der Waals surface area contributed by atoms with Gasteiger partial charge >= 0.3 is 0 Å². The van der Waals surface area contributed by atoms with E-state index in [2.05, 4.69) is 0 Å². The molecule has 1 aromatic heterocycles. The molecule has 0 aliphatic rings. The highest BCUT2D eigenvalue weighted by Crippen LogP contribution is 2.10. The fourth-order valence-electron chi connectivity index (χ4n) is 1.97. The smallest absolute Gasteiger partial charge is 0.254 e. The van der Waals surface area contributed by atoms with Crippen molar-refractivity contribution in [1.82, 2.24) is 0 Å².